The summed E-state index contributed by atoms with van der Waals surface area (Å²) in [6.45, 7) is 3.15. The SMILES string of the molecule is CCCNC(CCc1ccco1)Cc1ccc(F)c(Br)c1. The Bertz CT molecular complexity index is 542. The Balaban J connectivity index is 1.95. The van der Waals surface area contributed by atoms with E-state index in [1.54, 1.807) is 6.26 Å². The highest BCUT2D eigenvalue weighted by atomic mass is 79.9. The van der Waals surface area contributed by atoms with Crippen LogP contribution < -0.4 is 5.32 Å². The first-order chi connectivity index (χ1) is 10.2. The molecule has 0 saturated carbocycles. The van der Waals surface area contributed by atoms with Gasteiger partial charge in [-0.15, -0.1) is 0 Å². The van der Waals surface area contributed by atoms with Gasteiger partial charge in [-0.25, -0.2) is 4.39 Å². The van der Waals surface area contributed by atoms with E-state index in [2.05, 4.69) is 28.2 Å². The molecule has 114 valence electrons. The maximum absolute atomic E-state index is 13.3. The van der Waals surface area contributed by atoms with E-state index in [0.717, 1.165) is 43.6 Å². The number of halogens is 2. The molecule has 1 aromatic heterocycles. The maximum Gasteiger partial charge on any atom is 0.137 e. The van der Waals surface area contributed by atoms with Gasteiger partial charge >= 0.3 is 0 Å². The van der Waals surface area contributed by atoms with Crippen molar-refractivity contribution in [1.82, 2.24) is 5.32 Å². The van der Waals surface area contributed by atoms with Gasteiger partial charge in [0.2, 0.25) is 0 Å². The number of hydrogen-bond donors (Lipinski definition) is 1. The van der Waals surface area contributed by atoms with Crippen molar-refractivity contribution in [2.75, 3.05) is 6.54 Å². The largest absolute Gasteiger partial charge is 0.469 e. The second-order valence-corrected chi connectivity index (χ2v) is 6.08. The Morgan fingerprint density at radius 1 is 1.33 bits per heavy atom. The number of hydrogen-bond acceptors (Lipinski definition) is 2. The van der Waals surface area contributed by atoms with Gasteiger partial charge in [0.1, 0.15) is 11.6 Å². The fraction of sp³-hybridized carbons (Fsp3) is 0.412. The summed E-state index contributed by atoms with van der Waals surface area (Å²) in [5.74, 6) is 0.797. The van der Waals surface area contributed by atoms with Crippen LogP contribution in [0.3, 0.4) is 0 Å². The Morgan fingerprint density at radius 2 is 2.19 bits per heavy atom. The van der Waals surface area contributed by atoms with E-state index in [0.29, 0.717) is 10.5 Å². The monoisotopic (exact) mass is 353 g/mol. The summed E-state index contributed by atoms with van der Waals surface area (Å²) in [6, 6.07) is 9.53. The first-order valence-corrected chi connectivity index (χ1v) is 8.18. The maximum atomic E-state index is 13.3. The zero-order chi connectivity index (χ0) is 15.1. The molecule has 2 rings (SSSR count). The molecule has 0 aliphatic carbocycles. The number of nitrogens with one attached hydrogen (secondary N) is 1. The molecule has 0 bridgehead atoms. The van der Waals surface area contributed by atoms with E-state index in [-0.39, 0.29) is 5.82 Å². The van der Waals surface area contributed by atoms with Crippen LogP contribution in [0.4, 0.5) is 4.39 Å². The molecule has 0 saturated heterocycles. The van der Waals surface area contributed by atoms with E-state index in [9.17, 15) is 4.39 Å². The highest BCUT2D eigenvalue weighted by Gasteiger charge is 2.11. The van der Waals surface area contributed by atoms with Crippen molar-refractivity contribution in [3.63, 3.8) is 0 Å². The van der Waals surface area contributed by atoms with Crippen LogP contribution >= 0.6 is 15.9 Å². The summed E-state index contributed by atoms with van der Waals surface area (Å²) >= 11 is 3.25. The molecular weight excluding hydrogens is 333 g/mol. The molecule has 0 spiro atoms. The summed E-state index contributed by atoms with van der Waals surface area (Å²) in [7, 11) is 0. The summed E-state index contributed by atoms with van der Waals surface area (Å²) in [6.07, 6.45) is 5.62. The lowest BCUT2D eigenvalue weighted by molar-refractivity contribution is 0.441. The van der Waals surface area contributed by atoms with E-state index in [1.807, 2.05) is 24.3 Å². The van der Waals surface area contributed by atoms with Gasteiger partial charge < -0.3 is 9.73 Å². The van der Waals surface area contributed by atoms with Crippen molar-refractivity contribution < 1.29 is 8.81 Å². The molecule has 0 aliphatic rings. The first-order valence-electron chi connectivity index (χ1n) is 7.38. The molecule has 0 aliphatic heterocycles. The van der Waals surface area contributed by atoms with Crippen LogP contribution in [-0.4, -0.2) is 12.6 Å². The summed E-state index contributed by atoms with van der Waals surface area (Å²) in [5.41, 5.74) is 1.14. The van der Waals surface area contributed by atoms with E-state index < -0.39 is 0 Å². The molecule has 4 heteroatoms. The molecule has 0 fully saturated rings. The van der Waals surface area contributed by atoms with Gasteiger partial charge in [-0.1, -0.05) is 13.0 Å². The number of furan rings is 1. The molecule has 1 heterocycles. The fourth-order valence-corrected chi connectivity index (χ4v) is 2.77. The molecule has 21 heavy (non-hydrogen) atoms. The smallest absolute Gasteiger partial charge is 0.137 e. The predicted octanol–water partition coefficient (Wildman–Crippen LogP) is 4.72. The van der Waals surface area contributed by atoms with Crippen molar-refractivity contribution in [2.45, 2.75) is 38.6 Å². The van der Waals surface area contributed by atoms with Crippen LogP contribution in [0.5, 0.6) is 0 Å². The van der Waals surface area contributed by atoms with Crippen LogP contribution in [0, 0.1) is 5.82 Å². The van der Waals surface area contributed by atoms with Gasteiger partial charge in [0.15, 0.2) is 0 Å². The molecule has 2 aromatic rings. The van der Waals surface area contributed by atoms with Gasteiger partial charge in [-0.05, 0) is 71.6 Å². The summed E-state index contributed by atoms with van der Waals surface area (Å²) in [5, 5.41) is 3.56. The normalized spacial score (nSPS) is 12.5. The van der Waals surface area contributed by atoms with Gasteiger partial charge in [-0.3, -0.25) is 0 Å². The summed E-state index contributed by atoms with van der Waals surface area (Å²) in [4.78, 5) is 0. The minimum atomic E-state index is -0.215. The lowest BCUT2D eigenvalue weighted by atomic mass is 10.0. The van der Waals surface area contributed by atoms with Crippen LogP contribution in [0.15, 0.2) is 45.5 Å². The lowest BCUT2D eigenvalue weighted by Gasteiger charge is -2.18. The number of rotatable bonds is 8. The van der Waals surface area contributed by atoms with Gasteiger partial charge in [-0.2, -0.15) is 0 Å². The van der Waals surface area contributed by atoms with Crippen LogP contribution in [0.25, 0.3) is 0 Å². The highest BCUT2D eigenvalue weighted by molar-refractivity contribution is 9.10. The average Bonchev–Trinajstić information content (AvgIpc) is 2.99. The van der Waals surface area contributed by atoms with Crippen LogP contribution in [-0.2, 0) is 12.8 Å². The zero-order valence-corrected chi connectivity index (χ0v) is 13.8. The topological polar surface area (TPSA) is 25.2 Å². The first kappa shape index (κ1) is 16.2. The second kappa shape index (κ2) is 8.35. The Labute approximate surface area is 133 Å². The average molecular weight is 354 g/mol. The standard InChI is InChI=1S/C17H21BrFNO/c1-2-9-20-14(6-7-15-4-3-10-21-15)11-13-5-8-17(19)16(18)12-13/h3-5,8,10,12,14,20H,2,6-7,9,11H2,1H3. The van der Waals surface area contributed by atoms with Crippen molar-refractivity contribution in [3.8, 4) is 0 Å². The molecule has 2 nitrogen and oxygen atoms in total. The predicted molar refractivity (Wildman–Crippen MR) is 86.9 cm³/mol. The van der Waals surface area contributed by atoms with E-state index >= 15 is 0 Å². The van der Waals surface area contributed by atoms with Crippen LogP contribution in [0.2, 0.25) is 0 Å². The third-order valence-electron chi connectivity index (χ3n) is 3.47. The van der Waals surface area contributed by atoms with Gasteiger partial charge in [0.25, 0.3) is 0 Å². The second-order valence-electron chi connectivity index (χ2n) is 5.22. The van der Waals surface area contributed by atoms with Gasteiger partial charge in [0.05, 0.1) is 10.7 Å². The Morgan fingerprint density at radius 3 is 2.86 bits per heavy atom. The molecule has 1 aromatic carbocycles. The van der Waals surface area contributed by atoms with Crippen molar-refractivity contribution >= 4 is 15.9 Å². The van der Waals surface area contributed by atoms with Gasteiger partial charge in [0, 0.05) is 12.5 Å². The fourth-order valence-electron chi connectivity index (χ4n) is 2.35. The number of aryl methyl sites for hydroxylation is 1. The van der Waals surface area contributed by atoms with Crippen molar-refractivity contribution in [3.05, 3.63) is 58.2 Å². The lowest BCUT2D eigenvalue weighted by Crippen LogP contribution is -2.32. The Hall–Kier alpha value is -1.13. The quantitative estimate of drug-likeness (QED) is 0.742. The molecule has 1 N–H and O–H groups in total. The minimum absolute atomic E-state index is 0.215. The van der Waals surface area contributed by atoms with Crippen LogP contribution in [0.1, 0.15) is 31.1 Å². The summed E-state index contributed by atoms with van der Waals surface area (Å²) < 4.78 is 19.2. The molecule has 1 atom stereocenters. The molecule has 0 amide bonds. The van der Waals surface area contributed by atoms with E-state index in [1.165, 1.54) is 6.07 Å². The van der Waals surface area contributed by atoms with E-state index in [4.69, 9.17) is 4.42 Å². The molecule has 0 radical (unpaired) electrons. The van der Waals surface area contributed by atoms with Crippen molar-refractivity contribution in [2.24, 2.45) is 0 Å². The third kappa shape index (κ3) is 5.29. The van der Waals surface area contributed by atoms with Crippen molar-refractivity contribution in [1.29, 1.82) is 0 Å². The molecule has 1 unspecified atom stereocenters. The zero-order valence-electron chi connectivity index (χ0n) is 12.2. The number of benzene rings is 1. The minimum Gasteiger partial charge on any atom is -0.469 e. The Kier molecular flexibility index (Phi) is 6.46. The highest BCUT2D eigenvalue weighted by Crippen LogP contribution is 2.19. The molecular formula is C17H21BrFNO. The third-order valence-corrected chi connectivity index (χ3v) is 4.08.